The monoisotopic (exact) mass is 1050 g/mol. The molecule has 14 nitrogen and oxygen atoms in total. The van der Waals surface area contributed by atoms with E-state index in [-0.39, 0.29) is 18.9 Å². The first-order valence-corrected chi connectivity index (χ1v) is 29.2. The van der Waals surface area contributed by atoms with Crippen molar-refractivity contribution in [3.8, 4) is 0 Å². The third kappa shape index (κ3) is 31.0. The smallest absolute Gasteiger partial charge is 0.220 e. The van der Waals surface area contributed by atoms with Crippen LogP contribution >= 0.6 is 0 Å². The predicted octanol–water partition coefficient (Wildman–Crippen LogP) is 9.55. The van der Waals surface area contributed by atoms with E-state index >= 15 is 0 Å². The van der Waals surface area contributed by atoms with Crippen molar-refractivity contribution in [2.24, 2.45) is 0 Å². The number of unbranched alkanes of at least 4 members (excludes halogenated alkanes) is 22. The van der Waals surface area contributed by atoms with Crippen molar-refractivity contribution in [2.45, 2.75) is 280 Å². The van der Waals surface area contributed by atoms with E-state index in [1.807, 2.05) is 6.08 Å². The first-order valence-electron chi connectivity index (χ1n) is 29.2. The van der Waals surface area contributed by atoms with Crippen LogP contribution in [0.25, 0.3) is 0 Å². The molecule has 0 spiro atoms. The average Bonchev–Trinajstić information content (AvgIpc) is 3.40. The van der Waals surface area contributed by atoms with Crippen molar-refractivity contribution in [2.75, 3.05) is 19.8 Å². The zero-order chi connectivity index (χ0) is 53.9. The van der Waals surface area contributed by atoms with Crippen molar-refractivity contribution in [1.82, 2.24) is 5.32 Å². The maximum absolute atomic E-state index is 13.2. The second kappa shape index (κ2) is 45.4. The van der Waals surface area contributed by atoms with E-state index in [1.165, 1.54) is 103 Å². The summed E-state index contributed by atoms with van der Waals surface area (Å²) in [6, 6.07) is -0.940. The fourth-order valence-corrected chi connectivity index (χ4v) is 9.18. The van der Waals surface area contributed by atoms with E-state index in [0.29, 0.717) is 12.8 Å². The normalized spacial score (nSPS) is 25.8. The molecule has 2 heterocycles. The molecule has 12 unspecified atom stereocenters. The summed E-state index contributed by atoms with van der Waals surface area (Å²) >= 11 is 0. The van der Waals surface area contributed by atoms with Crippen molar-refractivity contribution in [1.29, 1.82) is 0 Å². The van der Waals surface area contributed by atoms with Crippen molar-refractivity contribution >= 4 is 5.91 Å². The van der Waals surface area contributed by atoms with E-state index in [0.717, 1.165) is 70.6 Å². The van der Waals surface area contributed by atoms with Crippen LogP contribution in [0.4, 0.5) is 0 Å². The molecule has 12 atom stereocenters. The Morgan fingerprint density at radius 2 is 0.946 bits per heavy atom. The summed E-state index contributed by atoms with van der Waals surface area (Å²) in [5.74, 6) is -0.260. The number of hydrogen-bond acceptors (Lipinski definition) is 13. The molecule has 0 bridgehead atoms. The summed E-state index contributed by atoms with van der Waals surface area (Å²) in [7, 11) is 0. The number of amides is 1. The van der Waals surface area contributed by atoms with Gasteiger partial charge in [0.15, 0.2) is 12.6 Å². The van der Waals surface area contributed by atoms with E-state index in [1.54, 1.807) is 6.08 Å². The predicted molar refractivity (Wildman–Crippen MR) is 295 cm³/mol. The molecule has 74 heavy (non-hydrogen) atoms. The van der Waals surface area contributed by atoms with E-state index in [4.69, 9.17) is 18.9 Å². The minimum atomic E-state index is -1.79. The van der Waals surface area contributed by atoms with E-state index < -0.39 is 86.8 Å². The fraction of sp³-hybridized carbons (Fsp3) is 0.783. The van der Waals surface area contributed by atoms with Gasteiger partial charge in [0.05, 0.1) is 32.0 Å². The van der Waals surface area contributed by atoms with Crippen molar-refractivity contribution in [3.63, 3.8) is 0 Å². The van der Waals surface area contributed by atoms with Gasteiger partial charge in [0.2, 0.25) is 5.91 Å². The van der Waals surface area contributed by atoms with Gasteiger partial charge in [-0.05, 0) is 70.6 Å². The molecule has 0 radical (unpaired) electrons. The summed E-state index contributed by atoms with van der Waals surface area (Å²) < 4.78 is 22.7. The number of hydrogen-bond donors (Lipinski definition) is 9. The summed E-state index contributed by atoms with van der Waals surface area (Å²) in [4.78, 5) is 13.2. The topological polar surface area (TPSA) is 228 Å². The first kappa shape index (κ1) is 67.5. The van der Waals surface area contributed by atoms with Crippen LogP contribution in [0.1, 0.15) is 206 Å². The molecule has 0 aromatic rings. The molecular formula is C60H105NO13. The Balaban J connectivity index is 1.80. The minimum absolute atomic E-state index is 0.260. The van der Waals surface area contributed by atoms with Gasteiger partial charge < -0.3 is 65.1 Å². The Labute approximate surface area is 447 Å². The van der Waals surface area contributed by atoms with Crippen LogP contribution in [0.3, 0.4) is 0 Å². The number of rotatable bonds is 45. The zero-order valence-corrected chi connectivity index (χ0v) is 45.8. The van der Waals surface area contributed by atoms with Crippen LogP contribution in [0.5, 0.6) is 0 Å². The quantitative estimate of drug-likeness (QED) is 0.0205. The molecule has 2 rings (SSSR count). The largest absolute Gasteiger partial charge is 0.394 e. The van der Waals surface area contributed by atoms with Crippen molar-refractivity contribution in [3.05, 3.63) is 72.9 Å². The van der Waals surface area contributed by atoms with Gasteiger partial charge in [-0.2, -0.15) is 0 Å². The maximum Gasteiger partial charge on any atom is 0.220 e. The molecule has 0 aromatic carbocycles. The van der Waals surface area contributed by atoms with E-state index in [2.05, 4.69) is 79.9 Å². The Morgan fingerprint density at radius 3 is 1.49 bits per heavy atom. The van der Waals surface area contributed by atoms with Gasteiger partial charge in [-0.3, -0.25) is 4.79 Å². The molecule has 2 aliphatic heterocycles. The zero-order valence-electron chi connectivity index (χ0n) is 45.8. The summed E-state index contributed by atoms with van der Waals surface area (Å²) in [6.07, 6.45) is 42.2. The fourth-order valence-electron chi connectivity index (χ4n) is 9.18. The lowest BCUT2D eigenvalue weighted by molar-refractivity contribution is -0.359. The van der Waals surface area contributed by atoms with Gasteiger partial charge in [0, 0.05) is 6.42 Å². The Kier molecular flexibility index (Phi) is 41.5. The maximum atomic E-state index is 13.2. The van der Waals surface area contributed by atoms with Crippen LogP contribution in [0.15, 0.2) is 72.9 Å². The first-order chi connectivity index (χ1) is 36.1. The van der Waals surface area contributed by atoms with Crippen LogP contribution in [-0.4, -0.2) is 140 Å². The highest BCUT2D eigenvalue weighted by Crippen LogP contribution is 2.30. The summed E-state index contributed by atoms with van der Waals surface area (Å²) in [5.41, 5.74) is 0. The molecule has 0 aromatic heterocycles. The highest BCUT2D eigenvalue weighted by Gasteiger charge is 2.51. The van der Waals surface area contributed by atoms with Crippen LogP contribution in [-0.2, 0) is 23.7 Å². The van der Waals surface area contributed by atoms with Crippen LogP contribution in [0.2, 0.25) is 0 Å². The average molecular weight is 1050 g/mol. The van der Waals surface area contributed by atoms with Gasteiger partial charge in [-0.15, -0.1) is 0 Å². The highest BCUT2D eigenvalue weighted by molar-refractivity contribution is 5.76. The van der Waals surface area contributed by atoms with Gasteiger partial charge in [0.25, 0.3) is 0 Å². The summed E-state index contributed by atoms with van der Waals surface area (Å²) in [5, 5.41) is 87.0. The Hall–Kier alpha value is -2.57. The second-order valence-corrected chi connectivity index (χ2v) is 20.4. The van der Waals surface area contributed by atoms with Gasteiger partial charge in [0.1, 0.15) is 48.8 Å². The molecule has 2 fully saturated rings. The highest BCUT2D eigenvalue weighted by atomic mass is 16.7. The number of ether oxygens (including phenoxy) is 4. The second-order valence-electron chi connectivity index (χ2n) is 20.4. The summed E-state index contributed by atoms with van der Waals surface area (Å²) in [6.45, 7) is 2.66. The molecule has 428 valence electrons. The number of carbonyl (C=O) groups excluding carboxylic acids is 1. The minimum Gasteiger partial charge on any atom is -0.394 e. The molecule has 0 aliphatic carbocycles. The van der Waals surface area contributed by atoms with Crippen molar-refractivity contribution < 1.29 is 64.6 Å². The SMILES string of the molecule is CC/C=C\C/C=C\C/C=C\C/C=C\CCCCCCCCCCC(=O)NC(COC1OC(CO)C(OC2OC(CO)C(O)C(O)C2O)C(O)C1O)C(O)/C=C/CC/C=C/CCCCCCCCCCCCCCC. The molecular weight excluding hydrogens is 943 g/mol. The lowest BCUT2D eigenvalue weighted by atomic mass is 9.97. The number of allylic oxidation sites excluding steroid dienone is 11. The third-order valence-electron chi connectivity index (χ3n) is 13.9. The lowest BCUT2D eigenvalue weighted by Crippen LogP contribution is -2.65. The van der Waals surface area contributed by atoms with Gasteiger partial charge in [-0.25, -0.2) is 0 Å². The Bertz CT molecular complexity index is 1520. The Morgan fingerprint density at radius 1 is 0.500 bits per heavy atom. The van der Waals surface area contributed by atoms with Crippen LogP contribution < -0.4 is 5.32 Å². The molecule has 1 amide bonds. The van der Waals surface area contributed by atoms with Crippen LogP contribution in [0, 0.1) is 0 Å². The third-order valence-corrected chi connectivity index (χ3v) is 13.9. The van der Waals surface area contributed by atoms with E-state index in [9.17, 15) is 45.6 Å². The number of nitrogens with one attached hydrogen (secondary N) is 1. The molecule has 14 heteroatoms. The lowest BCUT2D eigenvalue weighted by Gasteiger charge is -2.46. The standard InChI is InChI=1S/C60H105NO13/c1-3-5-7-9-11-13-15-17-19-21-23-24-26-28-30-32-34-36-38-40-42-44-52(65)61-48(49(64)43-41-39-37-35-33-31-29-27-25-22-20-18-16-14-12-10-8-6-4-2)47-71-59-57(70)55(68)58(51(46-63)73-59)74-60-56(69)54(67)53(66)50(45-62)72-60/h5,7,11,13,17,19,23-24,33,35,41,43,48-51,53-60,62-64,66-70H,3-4,6,8-10,12,14-16,18,20-22,25-32,34,36-40,42,44-47H2,1-2H3,(H,61,65)/b7-5-,13-11-,19-17-,24-23-,35-33+,43-41+. The number of carbonyl (C=O) groups is 1. The number of aliphatic hydroxyl groups excluding tert-OH is 8. The van der Waals surface area contributed by atoms with Gasteiger partial charge >= 0.3 is 0 Å². The molecule has 2 saturated heterocycles. The molecule has 2 aliphatic rings. The molecule has 0 saturated carbocycles. The number of aliphatic hydroxyl groups is 8. The van der Waals surface area contributed by atoms with Gasteiger partial charge in [-0.1, -0.05) is 202 Å². The molecule has 9 N–H and O–H groups in total.